The zero-order valence-electron chi connectivity index (χ0n) is 13.2. The average molecular weight is 307 g/mol. The number of carbonyl (C=O) groups excluding carboxylic acids is 1. The highest BCUT2D eigenvalue weighted by Gasteiger charge is 2.00. The molecule has 4 heteroatoms. The predicted molar refractivity (Wildman–Crippen MR) is 93.4 cm³/mol. The third kappa shape index (κ3) is 5.52. The van der Waals surface area contributed by atoms with E-state index in [1.165, 1.54) is 5.56 Å². The van der Waals surface area contributed by atoms with Crippen LogP contribution in [0, 0.1) is 0 Å². The van der Waals surface area contributed by atoms with E-state index in [-0.39, 0.29) is 0 Å². The van der Waals surface area contributed by atoms with Crippen LogP contribution in [0.25, 0.3) is 11.3 Å². The number of rotatable bonds is 5. The molecule has 3 aromatic rings. The van der Waals surface area contributed by atoms with Crippen LogP contribution in [0.3, 0.4) is 0 Å². The van der Waals surface area contributed by atoms with Crippen molar-refractivity contribution in [3.63, 3.8) is 0 Å². The Morgan fingerprint density at radius 3 is 2.22 bits per heavy atom. The molecule has 23 heavy (non-hydrogen) atoms. The summed E-state index contributed by atoms with van der Waals surface area (Å²) < 4.78 is 1.96. The van der Waals surface area contributed by atoms with E-state index in [9.17, 15) is 4.79 Å². The molecular weight excluding hydrogens is 286 g/mol. The van der Waals surface area contributed by atoms with Gasteiger partial charge < -0.3 is 5.32 Å². The fraction of sp³-hybridized carbons (Fsp3) is 0.158. The molecule has 118 valence electrons. The molecule has 3 rings (SSSR count). The van der Waals surface area contributed by atoms with E-state index in [0.717, 1.165) is 30.6 Å². The Morgan fingerprint density at radius 1 is 1.00 bits per heavy atom. The summed E-state index contributed by atoms with van der Waals surface area (Å²) in [4.78, 5) is 10.0. The van der Waals surface area contributed by atoms with Gasteiger partial charge in [-0.15, -0.1) is 0 Å². The highest BCUT2D eigenvalue weighted by atomic mass is 16.1. The smallest absolute Gasteiger partial charge is 0.150 e. The van der Waals surface area contributed by atoms with Gasteiger partial charge in [-0.05, 0) is 13.1 Å². The maximum atomic E-state index is 10.0. The average Bonchev–Trinajstić information content (AvgIpc) is 3.11. The highest BCUT2D eigenvalue weighted by molar-refractivity contribution is 5.74. The van der Waals surface area contributed by atoms with E-state index in [2.05, 4.69) is 22.5 Å². The van der Waals surface area contributed by atoms with Gasteiger partial charge in [0.25, 0.3) is 0 Å². The number of carbonyl (C=O) groups is 1. The molecule has 0 radical (unpaired) electrons. The third-order valence-electron chi connectivity index (χ3n) is 3.24. The minimum atomic E-state index is 0.729. The summed E-state index contributed by atoms with van der Waals surface area (Å²) in [7, 11) is 1.95. The van der Waals surface area contributed by atoms with Gasteiger partial charge in [-0.25, -0.2) is 0 Å². The van der Waals surface area contributed by atoms with Gasteiger partial charge in [-0.1, -0.05) is 60.7 Å². The van der Waals surface area contributed by atoms with Crippen molar-refractivity contribution in [3.05, 3.63) is 78.5 Å². The normalized spacial score (nSPS) is 9.78. The Labute approximate surface area is 136 Å². The molecule has 0 atom stereocenters. The zero-order valence-corrected chi connectivity index (χ0v) is 13.2. The second-order valence-corrected chi connectivity index (χ2v) is 4.96. The molecule has 0 aliphatic heterocycles. The second kappa shape index (κ2) is 9.33. The quantitative estimate of drug-likeness (QED) is 0.736. The van der Waals surface area contributed by atoms with Gasteiger partial charge in [0.2, 0.25) is 0 Å². The largest absolute Gasteiger partial charge is 0.318 e. The molecule has 0 aliphatic rings. The van der Waals surface area contributed by atoms with Crippen LogP contribution in [0.1, 0.15) is 10.4 Å². The summed E-state index contributed by atoms with van der Waals surface area (Å²) in [6.07, 6.45) is 2.85. The Balaban J connectivity index is 0.000000203. The number of nitrogens with one attached hydrogen (secondary N) is 1. The Kier molecular flexibility index (Phi) is 6.75. The lowest BCUT2D eigenvalue weighted by Gasteiger charge is -1.99. The van der Waals surface area contributed by atoms with Crippen LogP contribution in [0.5, 0.6) is 0 Å². The number of hydrogen-bond donors (Lipinski definition) is 1. The minimum Gasteiger partial charge on any atom is -0.318 e. The van der Waals surface area contributed by atoms with Crippen LogP contribution in [0.2, 0.25) is 0 Å². The second-order valence-electron chi connectivity index (χ2n) is 4.96. The van der Waals surface area contributed by atoms with Gasteiger partial charge in [0.1, 0.15) is 6.29 Å². The molecule has 2 aromatic carbocycles. The number of benzene rings is 2. The fourth-order valence-corrected chi connectivity index (χ4v) is 2.01. The van der Waals surface area contributed by atoms with Crippen molar-refractivity contribution in [2.45, 2.75) is 6.54 Å². The molecule has 0 fully saturated rings. The monoisotopic (exact) mass is 307 g/mol. The highest BCUT2D eigenvalue weighted by Crippen LogP contribution is 2.15. The fourth-order valence-electron chi connectivity index (χ4n) is 2.01. The number of nitrogens with zero attached hydrogens (tertiary/aromatic N) is 2. The first kappa shape index (κ1) is 16.6. The number of hydrogen-bond acceptors (Lipinski definition) is 3. The number of aromatic nitrogens is 2. The molecule has 0 spiro atoms. The lowest BCUT2D eigenvalue weighted by atomic mass is 10.2. The van der Waals surface area contributed by atoms with Gasteiger partial charge in [-0.3, -0.25) is 9.48 Å². The Morgan fingerprint density at radius 2 is 1.65 bits per heavy atom. The maximum Gasteiger partial charge on any atom is 0.150 e. The minimum absolute atomic E-state index is 0.729. The molecule has 0 saturated heterocycles. The molecule has 0 bridgehead atoms. The summed E-state index contributed by atoms with van der Waals surface area (Å²) >= 11 is 0. The number of aldehydes is 1. The van der Waals surface area contributed by atoms with E-state index in [1.54, 1.807) is 12.1 Å². The molecule has 0 saturated carbocycles. The lowest BCUT2D eigenvalue weighted by Crippen LogP contribution is -2.15. The first-order chi connectivity index (χ1) is 11.3. The van der Waals surface area contributed by atoms with Crippen LogP contribution in [0.15, 0.2) is 72.9 Å². The van der Waals surface area contributed by atoms with Crippen molar-refractivity contribution in [2.24, 2.45) is 0 Å². The van der Waals surface area contributed by atoms with E-state index in [1.807, 2.05) is 60.4 Å². The van der Waals surface area contributed by atoms with Gasteiger partial charge in [0.15, 0.2) is 0 Å². The molecule has 0 unspecified atom stereocenters. The molecule has 0 aliphatic carbocycles. The van der Waals surface area contributed by atoms with Crippen molar-refractivity contribution in [3.8, 4) is 11.3 Å². The summed E-state index contributed by atoms with van der Waals surface area (Å²) in [6, 6.07) is 21.4. The standard InChI is InChI=1S/C12H15N3.C7H6O/c1-13-8-10-15-9-7-12(14-15)11-5-3-2-4-6-11;8-6-7-4-2-1-3-5-7/h2-7,9,13H,8,10H2,1H3;1-6H. The summed E-state index contributed by atoms with van der Waals surface area (Å²) in [6.45, 7) is 1.85. The molecule has 0 amide bonds. The van der Waals surface area contributed by atoms with Crippen molar-refractivity contribution in [1.29, 1.82) is 0 Å². The summed E-state index contributed by atoms with van der Waals surface area (Å²) in [5, 5.41) is 7.60. The third-order valence-corrected chi connectivity index (χ3v) is 3.24. The number of likely N-dealkylation sites (N-methyl/N-ethyl adjacent to an activating group) is 1. The SMILES string of the molecule is CNCCn1ccc(-c2ccccc2)n1.O=Cc1ccccc1. The molecule has 1 N–H and O–H groups in total. The lowest BCUT2D eigenvalue weighted by molar-refractivity contribution is 0.112. The van der Waals surface area contributed by atoms with E-state index < -0.39 is 0 Å². The zero-order chi connectivity index (χ0) is 16.3. The molecule has 1 heterocycles. The topological polar surface area (TPSA) is 46.9 Å². The van der Waals surface area contributed by atoms with Crippen LogP contribution in [0.4, 0.5) is 0 Å². The Bertz CT molecular complexity index is 693. The van der Waals surface area contributed by atoms with Crippen molar-refractivity contribution in [2.75, 3.05) is 13.6 Å². The van der Waals surface area contributed by atoms with Gasteiger partial charge >= 0.3 is 0 Å². The van der Waals surface area contributed by atoms with Crippen LogP contribution in [-0.2, 0) is 6.54 Å². The summed E-state index contributed by atoms with van der Waals surface area (Å²) in [5.41, 5.74) is 2.93. The first-order valence-electron chi connectivity index (χ1n) is 7.57. The van der Waals surface area contributed by atoms with Crippen LogP contribution in [-0.4, -0.2) is 29.7 Å². The van der Waals surface area contributed by atoms with Crippen molar-refractivity contribution < 1.29 is 4.79 Å². The maximum absolute atomic E-state index is 10.0. The van der Waals surface area contributed by atoms with Crippen LogP contribution < -0.4 is 5.32 Å². The van der Waals surface area contributed by atoms with Crippen molar-refractivity contribution in [1.82, 2.24) is 15.1 Å². The van der Waals surface area contributed by atoms with E-state index in [4.69, 9.17) is 0 Å². The van der Waals surface area contributed by atoms with Gasteiger partial charge in [0, 0.05) is 23.9 Å². The van der Waals surface area contributed by atoms with E-state index >= 15 is 0 Å². The van der Waals surface area contributed by atoms with Crippen LogP contribution >= 0.6 is 0 Å². The van der Waals surface area contributed by atoms with Crippen molar-refractivity contribution >= 4 is 6.29 Å². The molecule has 4 nitrogen and oxygen atoms in total. The van der Waals surface area contributed by atoms with E-state index in [0.29, 0.717) is 0 Å². The summed E-state index contributed by atoms with van der Waals surface area (Å²) in [5.74, 6) is 0. The molecular formula is C19H21N3O. The van der Waals surface area contributed by atoms with Gasteiger partial charge in [-0.2, -0.15) is 5.10 Å². The predicted octanol–water partition coefficient (Wildman–Crippen LogP) is 3.27. The first-order valence-corrected chi connectivity index (χ1v) is 7.57. The Hall–Kier alpha value is -2.72. The molecule has 1 aromatic heterocycles. The van der Waals surface area contributed by atoms with Gasteiger partial charge in [0.05, 0.1) is 12.2 Å².